The summed E-state index contributed by atoms with van der Waals surface area (Å²) in [7, 11) is 1.62. The van der Waals surface area contributed by atoms with Crippen molar-refractivity contribution in [3.05, 3.63) is 81.2 Å². The summed E-state index contributed by atoms with van der Waals surface area (Å²) in [5, 5.41) is 10.2. The molecule has 1 aliphatic carbocycles. The molecule has 0 aliphatic heterocycles. The number of thiophene rings is 1. The number of halogens is 2. The molecule has 0 unspecified atom stereocenters. The summed E-state index contributed by atoms with van der Waals surface area (Å²) in [4.78, 5) is 34.7. The second kappa shape index (κ2) is 13.6. The monoisotopic (exact) mass is 665 g/mol. The number of ether oxygens (including phenoxy) is 1. The van der Waals surface area contributed by atoms with Gasteiger partial charge < -0.3 is 19.6 Å². The fourth-order valence-electron chi connectivity index (χ4n) is 6.51. The number of carbonyl (C=O) groups is 2. The molecule has 244 valence electrons. The molecule has 2 aromatic carbocycles. The Morgan fingerprint density at radius 3 is 2.30 bits per heavy atom. The van der Waals surface area contributed by atoms with Gasteiger partial charge in [0.05, 0.1) is 12.1 Å². The number of nitrogens with zero attached hydrogens (tertiary/aromatic N) is 3. The highest BCUT2D eigenvalue weighted by Crippen LogP contribution is 2.40. The summed E-state index contributed by atoms with van der Waals surface area (Å²) >= 11 is 7.92. The Morgan fingerprint density at radius 1 is 1.04 bits per heavy atom. The molecule has 2 amide bonds. The van der Waals surface area contributed by atoms with E-state index in [0.29, 0.717) is 34.7 Å². The first kappa shape index (κ1) is 33.7. The lowest BCUT2D eigenvalue weighted by Crippen LogP contribution is -2.48. The van der Waals surface area contributed by atoms with Crippen LogP contribution in [0.15, 0.2) is 48.5 Å². The zero-order valence-corrected chi connectivity index (χ0v) is 28.8. The van der Waals surface area contributed by atoms with Crippen LogP contribution in [0, 0.1) is 25.6 Å². The number of benzene rings is 2. The molecule has 4 aromatic rings. The number of amides is 2. The van der Waals surface area contributed by atoms with Gasteiger partial charge in [-0.05, 0) is 114 Å². The number of methoxy groups -OCH3 is 1. The van der Waals surface area contributed by atoms with Crippen molar-refractivity contribution in [1.29, 1.82) is 0 Å². The molecular formula is C36H41ClFN3O4S. The van der Waals surface area contributed by atoms with Crippen LogP contribution in [0.1, 0.15) is 73.1 Å². The fourth-order valence-corrected chi connectivity index (χ4v) is 8.02. The predicted octanol–water partition coefficient (Wildman–Crippen LogP) is 9.36. The highest BCUT2D eigenvalue weighted by Gasteiger charge is 2.35. The van der Waals surface area contributed by atoms with Gasteiger partial charge in [-0.15, -0.1) is 11.3 Å². The number of fused-ring (bicyclic) bond motifs is 1. The second-order valence-electron chi connectivity index (χ2n) is 13.2. The normalized spacial score (nSPS) is 16.8. The van der Waals surface area contributed by atoms with E-state index >= 15 is 0 Å². The maximum absolute atomic E-state index is 14.8. The third-order valence-electron chi connectivity index (χ3n) is 8.84. The van der Waals surface area contributed by atoms with Crippen LogP contribution in [-0.4, -0.2) is 57.1 Å². The van der Waals surface area contributed by atoms with Gasteiger partial charge in [0.1, 0.15) is 16.4 Å². The van der Waals surface area contributed by atoms with E-state index in [4.69, 9.17) is 16.3 Å². The van der Waals surface area contributed by atoms with Crippen LogP contribution < -0.4 is 4.74 Å². The van der Waals surface area contributed by atoms with Crippen molar-refractivity contribution in [2.75, 3.05) is 13.7 Å². The third kappa shape index (κ3) is 7.15. The van der Waals surface area contributed by atoms with Crippen LogP contribution in [-0.2, 0) is 6.54 Å². The van der Waals surface area contributed by atoms with Crippen molar-refractivity contribution in [3.8, 4) is 16.9 Å². The molecule has 0 saturated heterocycles. The number of hydrogen-bond acceptors (Lipinski definition) is 5. The molecule has 0 bridgehead atoms. The zero-order chi connectivity index (χ0) is 33.3. The molecule has 2 aromatic heterocycles. The Labute approximate surface area is 279 Å². The van der Waals surface area contributed by atoms with Gasteiger partial charge in [-0.2, -0.15) is 0 Å². The molecule has 10 heteroatoms. The molecule has 7 nitrogen and oxygen atoms in total. The maximum atomic E-state index is 14.8. The topological polar surface area (TPSA) is 83.0 Å². The summed E-state index contributed by atoms with van der Waals surface area (Å²) in [5.41, 5.74) is 4.18. The Bertz CT molecular complexity index is 1740. The molecule has 0 spiro atoms. The summed E-state index contributed by atoms with van der Waals surface area (Å²) in [6, 6.07) is 14.7. The van der Waals surface area contributed by atoms with E-state index in [-0.39, 0.29) is 34.8 Å². The highest BCUT2D eigenvalue weighted by molar-refractivity contribution is 7.21. The minimum absolute atomic E-state index is 0.124. The molecule has 1 N–H and O–H groups in total. The van der Waals surface area contributed by atoms with E-state index in [1.54, 1.807) is 19.2 Å². The molecule has 0 atom stereocenters. The van der Waals surface area contributed by atoms with Gasteiger partial charge in [-0.25, -0.2) is 9.18 Å². The summed E-state index contributed by atoms with van der Waals surface area (Å²) in [5.74, 6) is 0.137. The van der Waals surface area contributed by atoms with Gasteiger partial charge >= 0.3 is 6.09 Å². The van der Waals surface area contributed by atoms with Crippen LogP contribution in [0.2, 0.25) is 5.02 Å². The van der Waals surface area contributed by atoms with Crippen molar-refractivity contribution < 1.29 is 23.8 Å². The number of carboxylic acid groups (broad SMARTS) is 1. The van der Waals surface area contributed by atoms with Gasteiger partial charge in [0.2, 0.25) is 0 Å². The van der Waals surface area contributed by atoms with Crippen LogP contribution in [0.5, 0.6) is 5.75 Å². The van der Waals surface area contributed by atoms with E-state index in [2.05, 4.69) is 11.1 Å². The minimum atomic E-state index is -0.926. The molecule has 1 saturated carbocycles. The maximum Gasteiger partial charge on any atom is 0.407 e. The first-order valence-corrected chi connectivity index (χ1v) is 16.8. The average molecular weight is 666 g/mol. The van der Waals surface area contributed by atoms with E-state index in [1.807, 2.05) is 63.8 Å². The van der Waals surface area contributed by atoms with Crippen LogP contribution >= 0.6 is 22.9 Å². The number of pyridine rings is 1. The van der Waals surface area contributed by atoms with Crippen molar-refractivity contribution in [2.45, 2.75) is 78.4 Å². The van der Waals surface area contributed by atoms with Gasteiger partial charge in [0.25, 0.3) is 5.91 Å². The van der Waals surface area contributed by atoms with Crippen LogP contribution in [0.4, 0.5) is 9.18 Å². The molecule has 2 heterocycles. The van der Waals surface area contributed by atoms with Gasteiger partial charge in [0, 0.05) is 51.7 Å². The average Bonchev–Trinajstić information content (AvgIpc) is 3.34. The van der Waals surface area contributed by atoms with E-state index in [1.165, 1.54) is 22.3 Å². The highest BCUT2D eigenvalue weighted by atomic mass is 35.5. The molecule has 1 fully saturated rings. The van der Waals surface area contributed by atoms with Gasteiger partial charge in [-0.3, -0.25) is 9.78 Å². The number of aryl methyl sites for hydroxylation is 2. The van der Waals surface area contributed by atoms with Crippen molar-refractivity contribution >= 4 is 45.0 Å². The fraction of sp³-hybridized carbons (Fsp3) is 0.417. The predicted molar refractivity (Wildman–Crippen MR) is 183 cm³/mol. The first-order valence-electron chi connectivity index (χ1n) is 15.6. The van der Waals surface area contributed by atoms with Crippen molar-refractivity contribution in [3.63, 3.8) is 0 Å². The van der Waals surface area contributed by atoms with Crippen LogP contribution in [0.3, 0.4) is 0 Å². The Morgan fingerprint density at radius 2 is 1.72 bits per heavy atom. The van der Waals surface area contributed by atoms with E-state index in [0.717, 1.165) is 40.9 Å². The Hall–Kier alpha value is -3.69. The van der Waals surface area contributed by atoms with E-state index < -0.39 is 17.4 Å². The molecule has 5 rings (SSSR count). The largest absolute Gasteiger partial charge is 0.496 e. The Balaban J connectivity index is 1.49. The lowest BCUT2D eigenvalue weighted by molar-refractivity contribution is 0.0535. The molecule has 46 heavy (non-hydrogen) atoms. The van der Waals surface area contributed by atoms with Crippen molar-refractivity contribution in [2.24, 2.45) is 5.92 Å². The van der Waals surface area contributed by atoms with Gasteiger partial charge in [0.15, 0.2) is 0 Å². The molecule has 0 radical (unpaired) electrons. The lowest BCUT2D eigenvalue weighted by Gasteiger charge is -2.40. The zero-order valence-electron chi connectivity index (χ0n) is 27.2. The second-order valence-corrected chi connectivity index (χ2v) is 14.6. The number of hydrogen-bond donors (Lipinski definition) is 1. The first-order chi connectivity index (χ1) is 21.8. The standard InChI is InChI=1S/C36H41ClFN3O4S/c1-21-16-25(17-22(2)39-21)24-12-15-29(45-6)26(18-24)20-40(34(42)33-32(37)31-28(38)8-7-9-30(31)46-33)27-13-10-23(11-14-27)19-41(35(43)44)36(3,4)5/h7-9,12,15-18,23,27H,10-11,13-14,19-20H2,1-6H3,(H,43,44). The smallest absolute Gasteiger partial charge is 0.407 e. The lowest BCUT2D eigenvalue weighted by atomic mass is 9.84. The third-order valence-corrected chi connectivity index (χ3v) is 10.5. The van der Waals surface area contributed by atoms with Crippen LogP contribution in [0.25, 0.3) is 21.2 Å². The quantitative estimate of drug-likeness (QED) is 0.203. The Kier molecular flexibility index (Phi) is 9.94. The summed E-state index contributed by atoms with van der Waals surface area (Å²) in [6.45, 7) is 10.4. The number of rotatable bonds is 8. The summed E-state index contributed by atoms with van der Waals surface area (Å²) < 4.78 is 21.2. The molecular weight excluding hydrogens is 625 g/mol. The molecule has 1 aliphatic rings. The van der Waals surface area contributed by atoms with Gasteiger partial charge in [-0.1, -0.05) is 23.7 Å². The SMILES string of the molecule is COc1ccc(-c2cc(C)nc(C)c2)cc1CN(C(=O)c1sc2cccc(F)c2c1Cl)C1CCC(CN(C(=O)O)C(C)(C)C)CC1. The number of carbonyl (C=O) groups excluding carboxylic acids is 1. The number of aromatic nitrogens is 1. The van der Waals surface area contributed by atoms with Crippen molar-refractivity contribution in [1.82, 2.24) is 14.8 Å². The van der Waals surface area contributed by atoms with E-state index in [9.17, 15) is 19.1 Å². The summed E-state index contributed by atoms with van der Waals surface area (Å²) in [6.07, 6.45) is 2.03. The minimum Gasteiger partial charge on any atom is -0.496 e.